The summed E-state index contributed by atoms with van der Waals surface area (Å²) in [6.07, 6.45) is 0. The van der Waals surface area contributed by atoms with Gasteiger partial charge in [-0.2, -0.15) is 0 Å². The standard InChI is InChI=1S/C14H26N4OS/c1-8(2)9(3)7-16-12(19)10-11(15)17-13(20-10)18-14(4,5)6/h8-9H,7,15H2,1-6H3,(H,16,19)(H,17,18). The van der Waals surface area contributed by atoms with E-state index >= 15 is 0 Å². The highest BCUT2D eigenvalue weighted by atomic mass is 32.1. The monoisotopic (exact) mass is 298 g/mol. The van der Waals surface area contributed by atoms with Crippen LogP contribution in [0.2, 0.25) is 0 Å². The number of nitrogens with zero attached hydrogens (tertiary/aromatic N) is 1. The third-order valence-electron chi connectivity index (χ3n) is 3.06. The molecule has 1 aromatic rings. The molecule has 1 heterocycles. The van der Waals surface area contributed by atoms with E-state index in [4.69, 9.17) is 5.73 Å². The Kier molecular flexibility index (Phi) is 5.39. The van der Waals surface area contributed by atoms with Crippen LogP contribution in [0.25, 0.3) is 0 Å². The maximum absolute atomic E-state index is 12.1. The van der Waals surface area contributed by atoms with Gasteiger partial charge in [0.1, 0.15) is 10.7 Å². The van der Waals surface area contributed by atoms with Crippen LogP contribution in [0.5, 0.6) is 0 Å². The lowest BCUT2D eigenvalue weighted by atomic mass is 9.98. The van der Waals surface area contributed by atoms with E-state index in [9.17, 15) is 4.79 Å². The van der Waals surface area contributed by atoms with Crippen LogP contribution in [0, 0.1) is 11.8 Å². The second-order valence-electron chi connectivity index (χ2n) is 6.54. The summed E-state index contributed by atoms with van der Waals surface area (Å²) in [5.74, 6) is 1.11. The van der Waals surface area contributed by atoms with E-state index in [1.165, 1.54) is 11.3 Å². The molecule has 1 aromatic heterocycles. The lowest BCUT2D eigenvalue weighted by Crippen LogP contribution is -2.30. The summed E-state index contributed by atoms with van der Waals surface area (Å²) in [5.41, 5.74) is 5.72. The van der Waals surface area contributed by atoms with Gasteiger partial charge in [0.2, 0.25) is 0 Å². The molecule has 0 saturated carbocycles. The SMILES string of the molecule is CC(C)C(C)CNC(=O)c1sc(NC(C)(C)C)nc1N. The van der Waals surface area contributed by atoms with Gasteiger partial charge in [0, 0.05) is 12.1 Å². The van der Waals surface area contributed by atoms with Gasteiger partial charge in [-0.15, -0.1) is 0 Å². The van der Waals surface area contributed by atoms with Gasteiger partial charge in [-0.1, -0.05) is 32.1 Å². The lowest BCUT2D eigenvalue weighted by Gasteiger charge is -2.19. The number of hydrogen-bond acceptors (Lipinski definition) is 5. The van der Waals surface area contributed by atoms with E-state index in [2.05, 4.69) is 36.4 Å². The topological polar surface area (TPSA) is 80.0 Å². The summed E-state index contributed by atoms with van der Waals surface area (Å²) < 4.78 is 0. The molecule has 0 aromatic carbocycles. The van der Waals surface area contributed by atoms with Crippen molar-refractivity contribution in [3.63, 3.8) is 0 Å². The molecular weight excluding hydrogens is 272 g/mol. The van der Waals surface area contributed by atoms with Crippen LogP contribution in [-0.2, 0) is 0 Å². The molecule has 0 bridgehead atoms. The summed E-state index contributed by atoms with van der Waals surface area (Å²) in [4.78, 5) is 16.8. The molecular formula is C14H26N4OS. The Morgan fingerprint density at radius 1 is 1.35 bits per heavy atom. The molecule has 0 aliphatic heterocycles. The largest absolute Gasteiger partial charge is 0.382 e. The zero-order chi connectivity index (χ0) is 15.5. The molecule has 0 spiro atoms. The minimum atomic E-state index is -0.144. The zero-order valence-electron chi connectivity index (χ0n) is 13.2. The normalized spacial score (nSPS) is 13.3. The maximum atomic E-state index is 12.1. The first-order valence-corrected chi connectivity index (χ1v) is 7.74. The number of carbonyl (C=O) groups excluding carboxylic acids is 1. The molecule has 0 saturated heterocycles. The molecule has 1 amide bonds. The van der Waals surface area contributed by atoms with Crippen LogP contribution in [0.4, 0.5) is 10.9 Å². The van der Waals surface area contributed by atoms with Gasteiger partial charge in [-0.25, -0.2) is 4.98 Å². The van der Waals surface area contributed by atoms with Crippen LogP contribution in [0.15, 0.2) is 0 Å². The number of amides is 1. The molecule has 0 aliphatic carbocycles. The van der Waals surface area contributed by atoms with E-state index in [0.717, 1.165) is 0 Å². The Bertz CT molecular complexity index is 462. The van der Waals surface area contributed by atoms with Crippen LogP contribution in [-0.4, -0.2) is 23.0 Å². The van der Waals surface area contributed by atoms with E-state index in [1.807, 2.05) is 20.8 Å². The Labute approximate surface area is 125 Å². The van der Waals surface area contributed by atoms with Gasteiger partial charge < -0.3 is 16.4 Å². The molecule has 114 valence electrons. The first-order valence-electron chi connectivity index (χ1n) is 6.93. The average Bonchev–Trinajstić information content (AvgIpc) is 2.63. The van der Waals surface area contributed by atoms with Crippen LogP contribution in [0.3, 0.4) is 0 Å². The van der Waals surface area contributed by atoms with Gasteiger partial charge in [-0.3, -0.25) is 4.79 Å². The minimum absolute atomic E-state index is 0.107. The second kappa shape index (κ2) is 6.43. The highest BCUT2D eigenvalue weighted by molar-refractivity contribution is 7.18. The molecule has 5 nitrogen and oxygen atoms in total. The number of thiazole rings is 1. The van der Waals surface area contributed by atoms with E-state index in [1.54, 1.807) is 0 Å². The third kappa shape index (κ3) is 5.00. The van der Waals surface area contributed by atoms with Crippen molar-refractivity contribution in [2.75, 3.05) is 17.6 Å². The van der Waals surface area contributed by atoms with Crippen molar-refractivity contribution in [2.45, 2.75) is 47.1 Å². The molecule has 20 heavy (non-hydrogen) atoms. The number of nitrogens with two attached hydrogens (primary N) is 1. The fraction of sp³-hybridized carbons (Fsp3) is 0.714. The zero-order valence-corrected chi connectivity index (χ0v) is 14.0. The quantitative estimate of drug-likeness (QED) is 0.780. The van der Waals surface area contributed by atoms with Crippen LogP contribution in [0.1, 0.15) is 51.2 Å². The third-order valence-corrected chi connectivity index (χ3v) is 4.05. The van der Waals surface area contributed by atoms with Crippen molar-refractivity contribution in [1.82, 2.24) is 10.3 Å². The number of hydrogen-bond donors (Lipinski definition) is 3. The van der Waals surface area contributed by atoms with Gasteiger partial charge in [0.15, 0.2) is 5.13 Å². The Balaban J connectivity index is 2.69. The molecule has 1 rings (SSSR count). The average molecular weight is 298 g/mol. The predicted molar refractivity (Wildman–Crippen MR) is 86.2 cm³/mol. The highest BCUT2D eigenvalue weighted by Crippen LogP contribution is 2.27. The summed E-state index contributed by atoms with van der Waals surface area (Å²) in [7, 11) is 0. The molecule has 0 radical (unpaired) electrons. The molecule has 6 heteroatoms. The highest BCUT2D eigenvalue weighted by Gasteiger charge is 2.19. The predicted octanol–water partition coefficient (Wildman–Crippen LogP) is 2.96. The number of nitrogens with one attached hydrogen (secondary N) is 2. The summed E-state index contributed by atoms with van der Waals surface area (Å²) in [6.45, 7) is 13.2. The molecule has 4 N–H and O–H groups in total. The molecule has 1 atom stereocenters. The lowest BCUT2D eigenvalue weighted by molar-refractivity contribution is 0.0949. The molecule has 1 unspecified atom stereocenters. The summed E-state index contributed by atoms with van der Waals surface area (Å²) in [5, 5.41) is 6.83. The number of aromatic nitrogens is 1. The van der Waals surface area contributed by atoms with Crippen molar-refractivity contribution in [3.8, 4) is 0 Å². The van der Waals surface area contributed by atoms with E-state index in [-0.39, 0.29) is 17.3 Å². The second-order valence-corrected chi connectivity index (χ2v) is 7.54. The molecule has 0 aliphatic rings. The Hall–Kier alpha value is -1.30. The van der Waals surface area contributed by atoms with Crippen molar-refractivity contribution in [3.05, 3.63) is 4.88 Å². The smallest absolute Gasteiger partial charge is 0.265 e. The van der Waals surface area contributed by atoms with Crippen molar-refractivity contribution in [1.29, 1.82) is 0 Å². The molecule has 0 fully saturated rings. The van der Waals surface area contributed by atoms with Crippen LogP contribution < -0.4 is 16.4 Å². The Morgan fingerprint density at radius 3 is 2.45 bits per heavy atom. The van der Waals surface area contributed by atoms with Crippen molar-refractivity contribution < 1.29 is 4.79 Å². The van der Waals surface area contributed by atoms with Crippen LogP contribution >= 0.6 is 11.3 Å². The fourth-order valence-corrected chi connectivity index (χ4v) is 2.45. The number of rotatable bonds is 5. The first kappa shape index (κ1) is 16.8. The van der Waals surface area contributed by atoms with Gasteiger partial charge >= 0.3 is 0 Å². The summed E-state index contributed by atoms with van der Waals surface area (Å²) >= 11 is 1.30. The van der Waals surface area contributed by atoms with Gasteiger partial charge in [0.05, 0.1) is 0 Å². The first-order chi connectivity index (χ1) is 9.10. The van der Waals surface area contributed by atoms with Gasteiger partial charge in [0.25, 0.3) is 5.91 Å². The number of anilines is 2. The van der Waals surface area contributed by atoms with Gasteiger partial charge in [-0.05, 0) is 32.6 Å². The van der Waals surface area contributed by atoms with Crippen molar-refractivity contribution in [2.24, 2.45) is 11.8 Å². The number of carbonyl (C=O) groups is 1. The van der Waals surface area contributed by atoms with E-state index < -0.39 is 0 Å². The summed E-state index contributed by atoms with van der Waals surface area (Å²) in [6, 6.07) is 0. The Morgan fingerprint density at radius 2 is 1.95 bits per heavy atom. The maximum Gasteiger partial charge on any atom is 0.265 e. The van der Waals surface area contributed by atoms with Crippen molar-refractivity contribution >= 4 is 28.2 Å². The minimum Gasteiger partial charge on any atom is -0.382 e. The van der Waals surface area contributed by atoms with E-state index in [0.29, 0.717) is 28.4 Å². The number of nitrogen functional groups attached to an aromatic ring is 1. The fourth-order valence-electron chi connectivity index (χ4n) is 1.44.